The highest BCUT2D eigenvalue weighted by atomic mass is 127. The molecule has 2 atom stereocenters. The number of hydrogen-bond donors (Lipinski definition) is 0. The van der Waals surface area contributed by atoms with Crippen molar-refractivity contribution < 1.29 is 9.09 Å². The zero-order valence-corrected chi connectivity index (χ0v) is 34.7. The second kappa shape index (κ2) is 12.3. The topological polar surface area (TPSA) is 32.8 Å². The van der Waals surface area contributed by atoms with Crippen molar-refractivity contribution in [2.24, 2.45) is 0 Å². The number of rotatable bonds is 7. The molecule has 2 unspecified atom stereocenters. The van der Waals surface area contributed by atoms with E-state index in [0.717, 1.165) is 12.0 Å². The van der Waals surface area contributed by atoms with Gasteiger partial charge in [0.2, 0.25) is 0 Å². The van der Waals surface area contributed by atoms with Gasteiger partial charge in [-0.1, -0.05) is 53.5 Å². The first kappa shape index (κ1) is 32.0. The lowest BCUT2D eigenvalue weighted by Gasteiger charge is -2.55. The van der Waals surface area contributed by atoms with Gasteiger partial charge in [0.05, 0.1) is 6.61 Å². The van der Waals surface area contributed by atoms with E-state index in [0.29, 0.717) is 13.2 Å². The first-order valence-corrected chi connectivity index (χ1v) is 19.2. The van der Waals surface area contributed by atoms with Crippen LogP contribution in [0.25, 0.3) is 0 Å². The van der Waals surface area contributed by atoms with Gasteiger partial charge in [-0.2, -0.15) is 4.67 Å². The smallest absolute Gasteiger partial charge is 0.306 e. The van der Waals surface area contributed by atoms with Crippen molar-refractivity contribution in [2.45, 2.75) is 24.3 Å². The second-order valence-corrected chi connectivity index (χ2v) is 33.1. The molecule has 4 nitrogen and oxygen atoms in total. The summed E-state index contributed by atoms with van der Waals surface area (Å²) >= 11 is 31.6. The number of halogens is 10. The molecule has 30 heavy (non-hydrogen) atoms. The minimum atomic E-state index is -3.54. The third-order valence-electron chi connectivity index (χ3n) is 4.31. The fourth-order valence-electron chi connectivity index (χ4n) is 2.83. The van der Waals surface area contributed by atoms with Crippen molar-refractivity contribution in [1.82, 2.24) is 9.34 Å². The Bertz CT molecular complexity index is 765. The summed E-state index contributed by atoms with van der Waals surface area (Å²) in [4.78, 5) is 0. The Morgan fingerprint density at radius 2 is 1.47 bits per heavy atom. The average molecular weight is 1370 g/mol. The largest absolute Gasteiger partial charge is 0.350 e. The van der Waals surface area contributed by atoms with E-state index in [-0.39, 0.29) is 6.04 Å². The molecule has 0 spiro atoms. The molecule has 1 aliphatic heterocycles. The van der Waals surface area contributed by atoms with Crippen LogP contribution in [-0.4, -0.2) is 27.4 Å². The fourth-order valence-corrected chi connectivity index (χ4v) is 14.2. The van der Waals surface area contributed by atoms with Crippen LogP contribution in [-0.2, 0) is 9.09 Å². The van der Waals surface area contributed by atoms with Gasteiger partial charge in [0.25, 0.3) is 0 Å². The SMILES string of the molecule is CC(c1ccccc1)N1CCCOP1(=O)N(C(I)(I)C(Cl)(I)I)C(I)(I)C(Cl)(I)I. The predicted molar refractivity (Wildman–Crippen MR) is 196 cm³/mol. The summed E-state index contributed by atoms with van der Waals surface area (Å²) in [5.74, 6) is 0. The Hall–Kier alpha value is 5.75. The molecule has 2 rings (SSSR count). The van der Waals surface area contributed by atoms with E-state index in [9.17, 15) is 4.57 Å². The molecule has 0 bridgehead atoms. The Morgan fingerprint density at radius 3 is 1.90 bits per heavy atom. The van der Waals surface area contributed by atoms with Crippen LogP contribution in [0, 0.1) is 0 Å². The van der Waals surface area contributed by atoms with E-state index in [1.807, 2.05) is 27.5 Å². The highest BCUT2D eigenvalue weighted by molar-refractivity contribution is 14.2. The fraction of sp³-hybridized carbons (Fsp3) is 0.600. The van der Waals surface area contributed by atoms with E-state index >= 15 is 0 Å². The Kier molecular flexibility index (Phi) is 13.1. The van der Waals surface area contributed by atoms with Crippen LogP contribution in [0.1, 0.15) is 24.9 Å². The molecule has 0 aliphatic carbocycles. The Labute approximate surface area is 297 Å². The number of hydrogen-bond acceptors (Lipinski definition) is 2. The molecule has 1 aliphatic rings. The molecule has 1 fully saturated rings. The molecule has 1 heterocycles. The Morgan fingerprint density at radius 1 is 1.00 bits per heavy atom. The first-order valence-electron chi connectivity index (χ1n) is 8.24. The van der Waals surface area contributed by atoms with Gasteiger partial charge in [-0.05, 0) is 200 Å². The molecule has 0 aromatic heterocycles. The van der Waals surface area contributed by atoms with Gasteiger partial charge in [-0.25, -0.2) is 4.67 Å². The van der Waals surface area contributed by atoms with Crippen molar-refractivity contribution in [1.29, 1.82) is 0 Å². The maximum Gasteiger partial charge on any atom is 0.350 e. The van der Waals surface area contributed by atoms with Crippen LogP contribution in [0.5, 0.6) is 0 Å². The van der Waals surface area contributed by atoms with Crippen LogP contribution in [0.3, 0.4) is 0 Å². The molecule has 0 radical (unpaired) electrons. The van der Waals surface area contributed by atoms with Gasteiger partial charge in [-0.3, -0.25) is 4.57 Å². The standard InChI is InChI=1S/C15H15Cl2I8N2O2P/c1-10(11-6-3-2-4-7-11)26-8-5-9-29-30(26,28)27(14(22,23)12(16,18)19)15(24,25)13(17,20)21/h2-4,6-7,10H,5,8-9H2,1H3. The zero-order chi connectivity index (χ0) is 23.2. The highest BCUT2D eigenvalue weighted by Gasteiger charge is 2.67. The van der Waals surface area contributed by atoms with Crippen LogP contribution < -0.4 is 0 Å². The molecular formula is C15H15Cl2I8N2O2P. The van der Waals surface area contributed by atoms with E-state index < -0.39 is 12.6 Å². The van der Waals surface area contributed by atoms with E-state index in [1.165, 1.54) is 0 Å². The van der Waals surface area contributed by atoms with Gasteiger partial charge in [0.1, 0.15) is 0 Å². The monoisotopic (exact) mass is 1370 g/mol. The molecule has 1 saturated heterocycles. The van der Waals surface area contributed by atoms with Crippen molar-refractivity contribution in [3.05, 3.63) is 35.9 Å². The lowest BCUT2D eigenvalue weighted by atomic mass is 10.1. The summed E-state index contributed by atoms with van der Waals surface area (Å²) in [5.41, 5.74) is 1.09. The predicted octanol–water partition coefficient (Wildman–Crippen LogP) is 10.5. The van der Waals surface area contributed by atoms with Crippen molar-refractivity contribution in [3.63, 3.8) is 0 Å². The number of benzene rings is 1. The molecule has 0 amide bonds. The third kappa shape index (κ3) is 7.03. The van der Waals surface area contributed by atoms with E-state index in [1.54, 1.807) is 0 Å². The van der Waals surface area contributed by atoms with Gasteiger partial charge in [0, 0.05) is 12.6 Å². The molecule has 0 saturated carbocycles. The first-order chi connectivity index (χ1) is 13.5. The van der Waals surface area contributed by atoms with Crippen LogP contribution >= 0.6 is 212 Å². The minimum absolute atomic E-state index is 0.103. The molecule has 172 valence electrons. The van der Waals surface area contributed by atoms with Crippen molar-refractivity contribution in [2.75, 3.05) is 13.2 Å². The lowest BCUT2D eigenvalue weighted by molar-refractivity contribution is 0.140. The minimum Gasteiger partial charge on any atom is -0.306 e. The van der Waals surface area contributed by atoms with Crippen LogP contribution in [0.4, 0.5) is 0 Å². The number of nitrogens with zero attached hydrogens (tertiary/aromatic N) is 2. The van der Waals surface area contributed by atoms with Gasteiger partial charge in [0.15, 0.2) is 4.88 Å². The Balaban J connectivity index is 2.71. The summed E-state index contributed by atoms with van der Waals surface area (Å²) < 4.78 is 21.9. The molecular weight excluding hydrogens is 1360 g/mol. The van der Waals surface area contributed by atoms with Gasteiger partial charge >= 0.3 is 7.67 Å². The zero-order valence-electron chi connectivity index (χ0n) is 15.0. The summed E-state index contributed by atoms with van der Waals surface area (Å²) in [7, 11) is -3.54. The van der Waals surface area contributed by atoms with Crippen LogP contribution in [0.2, 0.25) is 0 Å². The van der Waals surface area contributed by atoms with Crippen molar-refractivity contribution in [3.8, 4) is 0 Å². The average Bonchev–Trinajstić information content (AvgIpc) is 2.59. The highest BCUT2D eigenvalue weighted by Crippen LogP contribution is 2.75. The quantitative estimate of drug-likeness (QED) is 0.118. The van der Waals surface area contributed by atoms with Gasteiger partial charge < -0.3 is 4.52 Å². The van der Waals surface area contributed by atoms with Crippen molar-refractivity contribution >= 4 is 212 Å². The van der Waals surface area contributed by atoms with Crippen LogP contribution in [0.15, 0.2) is 30.3 Å². The molecule has 1 aromatic rings. The summed E-state index contributed by atoms with van der Waals surface area (Å²) in [6.07, 6.45) is 0.807. The molecule has 15 heteroatoms. The normalized spacial score (nSPS) is 23.6. The molecule has 1 aromatic carbocycles. The summed E-state index contributed by atoms with van der Waals surface area (Å²) in [6, 6.07) is 10.00. The summed E-state index contributed by atoms with van der Waals surface area (Å²) in [6.45, 7) is 3.16. The lowest BCUT2D eigenvalue weighted by Crippen LogP contribution is -2.59. The second-order valence-electron chi connectivity index (χ2n) is 6.32. The third-order valence-corrected chi connectivity index (χ3v) is 27.0. The maximum atomic E-state index is 14.9. The number of alkyl halides is 10. The van der Waals surface area contributed by atoms with E-state index in [4.69, 9.17) is 27.7 Å². The summed E-state index contributed by atoms with van der Waals surface area (Å²) in [5, 5.41) is 0. The maximum absolute atomic E-state index is 14.9. The van der Waals surface area contributed by atoms with Gasteiger partial charge in [-0.15, -0.1) is 0 Å². The van der Waals surface area contributed by atoms with E-state index in [2.05, 4.69) is 200 Å². The molecule has 0 N–H and O–H groups in total.